The largest absolute Gasteiger partial charge is 1.00 e. The number of likely N-dealkylation sites (N-methyl/N-ethyl adjacent to an activating group) is 2. The van der Waals surface area contributed by atoms with Gasteiger partial charge in [-0.15, -0.1) is 0 Å². The molecule has 75 heavy (non-hydrogen) atoms. The van der Waals surface area contributed by atoms with Crippen LogP contribution in [0.5, 0.6) is 0 Å². The molecule has 3 N–H and O–H groups in total. The van der Waals surface area contributed by atoms with Crippen molar-refractivity contribution < 1.29 is 107 Å². The number of aldehydes is 1. The van der Waals surface area contributed by atoms with Crippen molar-refractivity contribution in [3.8, 4) is 0 Å². The second kappa shape index (κ2) is 30.8. The Bertz CT molecular complexity index is 2430. The number of rotatable bonds is 10. The number of methoxy groups -OCH3 is 1. The van der Waals surface area contributed by atoms with Gasteiger partial charge in [0.2, 0.25) is 12.2 Å². The van der Waals surface area contributed by atoms with Crippen LogP contribution in [-0.2, 0) is 29.4 Å². The summed E-state index contributed by atoms with van der Waals surface area (Å²) in [6, 6.07) is 18.9. The van der Waals surface area contributed by atoms with Gasteiger partial charge in [0.05, 0.1) is 54.4 Å². The molecule has 4 atom stereocenters. The number of alkyl halides is 12. The summed E-state index contributed by atoms with van der Waals surface area (Å²) in [6.07, 6.45) is -15.0. The van der Waals surface area contributed by atoms with E-state index in [-0.39, 0.29) is 83.1 Å². The summed E-state index contributed by atoms with van der Waals surface area (Å²) < 4.78 is 156. The molecule has 2 aliphatic rings. The van der Waals surface area contributed by atoms with Gasteiger partial charge in [-0.2, -0.15) is 52.7 Å². The minimum Gasteiger partial charge on any atom is -0.870 e. The Labute approximate surface area is 449 Å². The van der Waals surface area contributed by atoms with Crippen LogP contribution in [0.3, 0.4) is 0 Å². The van der Waals surface area contributed by atoms with Gasteiger partial charge in [0.15, 0.2) is 6.29 Å². The Morgan fingerprint density at radius 3 is 1.39 bits per heavy atom. The van der Waals surface area contributed by atoms with E-state index >= 15 is 0 Å². The van der Waals surface area contributed by atoms with E-state index in [1.54, 1.807) is 25.1 Å². The Morgan fingerprint density at radius 1 is 0.653 bits per heavy atom. The van der Waals surface area contributed by atoms with Gasteiger partial charge in [-0.3, -0.25) is 34.8 Å². The fraction of sp³-hybridized carbons (Fsp3) is 0.438. The number of hydrogen-bond donors (Lipinski definition) is 1. The van der Waals surface area contributed by atoms with E-state index in [1.807, 2.05) is 11.9 Å². The van der Waals surface area contributed by atoms with Gasteiger partial charge < -0.3 is 20.8 Å². The summed E-state index contributed by atoms with van der Waals surface area (Å²) in [6.45, 7) is 9.48. The number of ether oxygens (including phenoxy) is 1. The van der Waals surface area contributed by atoms with E-state index in [0.29, 0.717) is 24.9 Å². The summed E-state index contributed by atoms with van der Waals surface area (Å²) in [7, 11) is 6.47. The minimum absolute atomic E-state index is 0. The smallest absolute Gasteiger partial charge is 0.870 e. The van der Waals surface area contributed by atoms with Crippen molar-refractivity contribution in [2.75, 3.05) is 67.3 Å². The van der Waals surface area contributed by atoms with Gasteiger partial charge in [-0.1, -0.05) is 92.4 Å². The molecule has 0 amide bonds. The maximum absolute atomic E-state index is 12.9. The number of nitro groups is 2. The molecule has 2 aliphatic heterocycles. The monoisotopic (exact) mass is 1110 g/mol. The van der Waals surface area contributed by atoms with E-state index in [0.717, 1.165) is 43.1 Å². The number of hydrogen-bond acceptors (Lipinski definition) is 11. The SMILES string of the molecule is CN1C[C@H](c2ccccc2C(F)(F)F)[C@@H](N)C1.CN1C[C@H](c2ccccc2C(F)(F)F)[C@@H]([N+](=O)[O-])C1.COCN(C)C[Si](C)(C)C.O=Cc1ccccc1C(F)(F)F.O=[N+]([O-])/C=C/c1ccccc1C(F)(F)F.[Na+].[OH-]. The zero-order valence-electron chi connectivity index (χ0n) is 42.3. The van der Waals surface area contributed by atoms with E-state index in [2.05, 4.69) is 31.6 Å². The van der Waals surface area contributed by atoms with Gasteiger partial charge in [-0.05, 0) is 68.3 Å². The maximum atomic E-state index is 12.9. The maximum Gasteiger partial charge on any atom is 1.00 e. The first-order valence-electron chi connectivity index (χ1n) is 22.0. The van der Waals surface area contributed by atoms with Crippen molar-refractivity contribution in [1.29, 1.82) is 0 Å². The molecule has 0 spiro atoms. The van der Waals surface area contributed by atoms with E-state index in [1.165, 1.54) is 66.8 Å². The van der Waals surface area contributed by atoms with Crippen LogP contribution in [0.15, 0.2) is 103 Å². The Hall–Kier alpha value is -4.77. The first kappa shape index (κ1) is 70.2. The molecule has 0 aliphatic carbocycles. The van der Waals surface area contributed by atoms with Crippen LogP contribution in [0.4, 0.5) is 52.7 Å². The minimum atomic E-state index is -4.50. The van der Waals surface area contributed by atoms with Gasteiger partial charge in [0, 0.05) is 55.3 Å². The van der Waals surface area contributed by atoms with Crippen LogP contribution in [-0.4, -0.2) is 124 Å². The summed E-state index contributed by atoms with van der Waals surface area (Å²) in [5.74, 6) is -0.962. The molecule has 27 heteroatoms. The predicted molar refractivity (Wildman–Crippen MR) is 256 cm³/mol. The summed E-state index contributed by atoms with van der Waals surface area (Å²) >= 11 is 0. The second-order valence-corrected chi connectivity index (χ2v) is 23.7. The molecule has 0 saturated carbocycles. The molecule has 6 rings (SSSR count). The van der Waals surface area contributed by atoms with Crippen molar-refractivity contribution in [3.05, 3.63) is 168 Å². The number of carbonyl (C=O) groups is 1. The van der Waals surface area contributed by atoms with E-state index in [9.17, 15) is 77.7 Å². The fourth-order valence-corrected chi connectivity index (χ4v) is 9.70. The molecule has 0 radical (unpaired) electrons. The molecule has 13 nitrogen and oxygen atoms in total. The number of nitrogens with zero attached hydrogens (tertiary/aromatic N) is 5. The molecule has 2 heterocycles. The summed E-state index contributed by atoms with van der Waals surface area (Å²) in [4.78, 5) is 35.7. The van der Waals surface area contributed by atoms with Crippen LogP contribution in [0.1, 0.15) is 61.1 Å². The van der Waals surface area contributed by atoms with Crippen molar-refractivity contribution in [3.63, 3.8) is 0 Å². The quantitative estimate of drug-likeness (QED) is 0.0405. The van der Waals surface area contributed by atoms with Crippen LogP contribution >= 0.6 is 0 Å². The zero-order valence-corrected chi connectivity index (χ0v) is 45.3. The fourth-order valence-electron chi connectivity index (χ4n) is 7.99. The normalized spacial score (nSPS) is 18.1. The van der Waals surface area contributed by atoms with E-state index in [4.69, 9.17) is 10.5 Å². The number of carbonyl (C=O) groups excluding carboxylic acids is 1. The van der Waals surface area contributed by atoms with Gasteiger partial charge in [0.1, 0.15) is 0 Å². The zero-order chi connectivity index (χ0) is 55.7. The third-order valence-electron chi connectivity index (χ3n) is 10.8. The van der Waals surface area contributed by atoms with Gasteiger partial charge in [0.25, 0.3) is 0 Å². The third kappa shape index (κ3) is 24.0. The Balaban J connectivity index is 0.000000922. The van der Waals surface area contributed by atoms with Crippen molar-refractivity contribution in [2.45, 2.75) is 68.3 Å². The molecule has 4 aromatic rings. The molecular weight excluding hydrogens is 1050 g/mol. The number of halogens is 12. The van der Waals surface area contributed by atoms with Crippen LogP contribution < -0.4 is 35.3 Å². The first-order chi connectivity index (χ1) is 33.6. The van der Waals surface area contributed by atoms with E-state index < -0.39 is 76.8 Å². The molecule has 0 unspecified atom stereocenters. The third-order valence-corrected chi connectivity index (χ3v) is 12.2. The van der Waals surface area contributed by atoms with Crippen LogP contribution in [0.25, 0.3) is 6.08 Å². The van der Waals surface area contributed by atoms with Crippen LogP contribution in [0.2, 0.25) is 19.6 Å². The van der Waals surface area contributed by atoms with Gasteiger partial charge in [-0.25, -0.2) is 0 Å². The predicted octanol–water partition coefficient (Wildman–Crippen LogP) is 8.14. The van der Waals surface area contributed by atoms with Gasteiger partial charge >= 0.3 is 54.3 Å². The Morgan fingerprint density at radius 2 is 1.03 bits per heavy atom. The molecule has 2 fully saturated rings. The van der Waals surface area contributed by atoms with Crippen LogP contribution in [0, 0.1) is 20.2 Å². The topological polar surface area (TPSA) is 178 Å². The van der Waals surface area contributed by atoms with Crippen molar-refractivity contribution in [1.82, 2.24) is 14.7 Å². The number of nitrogens with two attached hydrogens (primary N) is 1. The Kier molecular flexibility index (Phi) is 28.9. The molecular formula is C48H59F12N6NaO7Si. The molecule has 0 bridgehead atoms. The molecule has 0 aromatic heterocycles. The molecule has 4 aromatic carbocycles. The standard InChI is InChI=1S/C12H13F3N2O2.C12H15F3N2.C9H6F3NO2.C8H5F3O.C7H19NOSi.Na.H2O/c1-16-6-9(11(7-16)17(18)19)8-4-2-3-5-10(8)12(13,14)15;1-17-6-9(11(16)7-17)8-4-2-3-5-10(8)12(13,14)15;10-9(11,12)8-4-2-1-3-7(8)5-6-13(14)15;9-8(10,11)7-4-2-1-3-6(7)5-12;1-8(6-9-2)7-10(3,4)5;;/h2-5,9,11H,6-7H2,1H3;2-5,9,11H,6-7,16H2,1H3;1-6H;1-5H;6-7H2,1-5H3;;1H2/q;;;;;+1;/p-1/b;;6-5+;;;;/t2*9-,11+;;;;;/m11...../s1. The summed E-state index contributed by atoms with van der Waals surface area (Å²) in [5, 5.41) is 21.0. The average Bonchev–Trinajstić information content (AvgIpc) is 3.85. The van der Waals surface area contributed by atoms with Crippen molar-refractivity contribution >= 4 is 20.4 Å². The second-order valence-electron chi connectivity index (χ2n) is 18.2. The summed E-state index contributed by atoms with van der Waals surface area (Å²) in [5.41, 5.74) is 2.58. The number of likely N-dealkylation sites (tertiary alicyclic amines) is 2. The average molecular weight is 1110 g/mol. The van der Waals surface area contributed by atoms with Crippen molar-refractivity contribution in [2.24, 2.45) is 5.73 Å². The molecule has 2 saturated heterocycles. The molecule has 412 valence electrons. The first-order valence-corrected chi connectivity index (χ1v) is 25.7. The number of benzene rings is 4.